The SMILES string of the molecule is O=C(c1ccccc1)[C@@H]1[C@H](C(=O)c2ccccc2)[C@@H](c2ccccc2)[C@H]1c1ccccc1. The molecule has 1 fully saturated rings. The van der Waals surface area contributed by atoms with E-state index in [1.807, 2.05) is 97.1 Å². The van der Waals surface area contributed by atoms with Crippen LogP contribution >= 0.6 is 0 Å². The van der Waals surface area contributed by atoms with E-state index in [-0.39, 0.29) is 23.4 Å². The molecule has 1 saturated carbocycles. The maximum absolute atomic E-state index is 13.8. The molecule has 0 aromatic heterocycles. The van der Waals surface area contributed by atoms with Gasteiger partial charge >= 0.3 is 0 Å². The second-order valence-electron chi connectivity index (χ2n) is 8.39. The van der Waals surface area contributed by atoms with E-state index >= 15 is 0 Å². The molecule has 4 aromatic carbocycles. The summed E-state index contributed by atoms with van der Waals surface area (Å²) in [5.41, 5.74) is 3.53. The van der Waals surface area contributed by atoms with Gasteiger partial charge in [0, 0.05) is 34.8 Å². The van der Waals surface area contributed by atoms with Gasteiger partial charge in [0.05, 0.1) is 0 Å². The summed E-state index contributed by atoms with van der Waals surface area (Å²) in [6.45, 7) is 0. The Morgan fingerprint density at radius 3 is 1.00 bits per heavy atom. The fraction of sp³-hybridized carbons (Fsp3) is 0.133. The zero-order chi connectivity index (χ0) is 21.9. The van der Waals surface area contributed by atoms with E-state index in [2.05, 4.69) is 24.3 Å². The third-order valence-electron chi connectivity index (χ3n) is 6.64. The molecule has 0 amide bonds. The number of hydrogen-bond donors (Lipinski definition) is 0. The first-order chi connectivity index (χ1) is 15.8. The van der Waals surface area contributed by atoms with E-state index in [4.69, 9.17) is 0 Å². The summed E-state index contributed by atoms with van der Waals surface area (Å²) in [6.07, 6.45) is 0. The topological polar surface area (TPSA) is 34.1 Å². The van der Waals surface area contributed by atoms with Crippen molar-refractivity contribution in [3.8, 4) is 0 Å². The summed E-state index contributed by atoms with van der Waals surface area (Å²) in [5, 5.41) is 0. The Kier molecular flexibility index (Phi) is 5.51. The summed E-state index contributed by atoms with van der Waals surface area (Å²) in [4.78, 5) is 27.6. The second-order valence-corrected chi connectivity index (χ2v) is 8.39. The fourth-order valence-corrected chi connectivity index (χ4v) is 5.17. The molecule has 1 aliphatic carbocycles. The maximum Gasteiger partial charge on any atom is 0.167 e. The number of hydrogen-bond acceptors (Lipinski definition) is 2. The molecule has 0 saturated heterocycles. The molecule has 1 aliphatic rings. The molecule has 0 aliphatic heterocycles. The minimum absolute atomic E-state index is 0.0425. The van der Waals surface area contributed by atoms with Crippen LogP contribution < -0.4 is 0 Å². The lowest BCUT2D eigenvalue weighted by Gasteiger charge is -2.51. The first kappa shape index (κ1) is 20.1. The first-order valence-electron chi connectivity index (χ1n) is 11.0. The second kappa shape index (κ2) is 8.76. The minimum atomic E-state index is -0.405. The van der Waals surface area contributed by atoms with Crippen molar-refractivity contribution in [1.29, 1.82) is 0 Å². The third kappa shape index (κ3) is 3.58. The number of carbonyl (C=O) groups is 2. The number of rotatable bonds is 6. The van der Waals surface area contributed by atoms with Gasteiger partial charge in [-0.25, -0.2) is 0 Å². The Morgan fingerprint density at radius 1 is 0.406 bits per heavy atom. The monoisotopic (exact) mass is 416 g/mol. The highest BCUT2D eigenvalue weighted by Gasteiger charge is 2.57. The molecule has 2 heteroatoms. The average Bonchev–Trinajstić information content (AvgIpc) is 2.86. The van der Waals surface area contributed by atoms with Crippen LogP contribution in [-0.4, -0.2) is 11.6 Å². The first-order valence-corrected chi connectivity index (χ1v) is 11.0. The van der Waals surface area contributed by atoms with E-state index in [1.165, 1.54) is 0 Å². The van der Waals surface area contributed by atoms with Gasteiger partial charge in [-0.2, -0.15) is 0 Å². The van der Waals surface area contributed by atoms with Gasteiger partial charge < -0.3 is 0 Å². The summed E-state index contributed by atoms with van der Waals surface area (Å²) >= 11 is 0. The van der Waals surface area contributed by atoms with Crippen LogP contribution in [0.3, 0.4) is 0 Å². The highest BCUT2D eigenvalue weighted by atomic mass is 16.1. The summed E-state index contributed by atoms with van der Waals surface area (Å²) < 4.78 is 0. The van der Waals surface area contributed by atoms with Crippen molar-refractivity contribution in [2.45, 2.75) is 11.8 Å². The average molecular weight is 417 g/mol. The van der Waals surface area contributed by atoms with Gasteiger partial charge in [0.15, 0.2) is 11.6 Å². The van der Waals surface area contributed by atoms with Crippen molar-refractivity contribution in [2.24, 2.45) is 11.8 Å². The van der Waals surface area contributed by atoms with E-state index in [1.54, 1.807) is 0 Å². The Labute approximate surface area is 188 Å². The zero-order valence-corrected chi connectivity index (χ0v) is 17.7. The van der Waals surface area contributed by atoms with Gasteiger partial charge in [-0.05, 0) is 11.1 Å². The molecule has 5 rings (SSSR count). The number of ketones is 2. The van der Waals surface area contributed by atoms with Crippen molar-refractivity contribution >= 4 is 11.6 Å². The summed E-state index contributed by atoms with van der Waals surface area (Å²) in [7, 11) is 0. The summed E-state index contributed by atoms with van der Waals surface area (Å²) in [5.74, 6) is -0.829. The van der Waals surface area contributed by atoms with Gasteiger partial charge in [-0.3, -0.25) is 9.59 Å². The van der Waals surface area contributed by atoms with Crippen molar-refractivity contribution in [3.05, 3.63) is 144 Å². The van der Waals surface area contributed by atoms with Crippen molar-refractivity contribution in [3.63, 3.8) is 0 Å². The number of carbonyl (C=O) groups excluding carboxylic acids is 2. The Morgan fingerprint density at radius 2 is 0.688 bits per heavy atom. The van der Waals surface area contributed by atoms with Crippen LogP contribution in [0.15, 0.2) is 121 Å². The predicted molar refractivity (Wildman–Crippen MR) is 127 cm³/mol. The molecular weight excluding hydrogens is 392 g/mol. The lowest BCUT2D eigenvalue weighted by atomic mass is 9.49. The molecule has 156 valence electrons. The van der Waals surface area contributed by atoms with Gasteiger partial charge in [-0.15, -0.1) is 0 Å². The molecule has 32 heavy (non-hydrogen) atoms. The van der Waals surface area contributed by atoms with E-state index in [9.17, 15) is 9.59 Å². The minimum Gasteiger partial charge on any atom is -0.294 e. The smallest absolute Gasteiger partial charge is 0.167 e. The largest absolute Gasteiger partial charge is 0.294 e. The van der Waals surface area contributed by atoms with Crippen LogP contribution in [0.1, 0.15) is 43.7 Å². The zero-order valence-electron chi connectivity index (χ0n) is 17.7. The molecule has 0 heterocycles. The van der Waals surface area contributed by atoms with Crippen LogP contribution in [-0.2, 0) is 0 Å². The van der Waals surface area contributed by atoms with Gasteiger partial charge in [0.25, 0.3) is 0 Å². The predicted octanol–water partition coefficient (Wildman–Crippen LogP) is 6.57. The third-order valence-corrected chi connectivity index (χ3v) is 6.64. The van der Waals surface area contributed by atoms with Crippen molar-refractivity contribution < 1.29 is 9.59 Å². The van der Waals surface area contributed by atoms with Gasteiger partial charge in [0.2, 0.25) is 0 Å². The van der Waals surface area contributed by atoms with Crippen LogP contribution in [0.2, 0.25) is 0 Å². The lowest BCUT2D eigenvalue weighted by molar-refractivity contribution is 0.0456. The molecular formula is C30H24O2. The molecule has 2 nitrogen and oxygen atoms in total. The van der Waals surface area contributed by atoms with E-state index in [0.29, 0.717) is 11.1 Å². The van der Waals surface area contributed by atoms with E-state index in [0.717, 1.165) is 11.1 Å². The molecule has 0 spiro atoms. The van der Waals surface area contributed by atoms with Gasteiger partial charge in [-0.1, -0.05) is 121 Å². The molecule has 0 radical (unpaired) electrons. The molecule has 0 bridgehead atoms. The normalized spacial score (nSPS) is 22.0. The Balaban J connectivity index is 1.64. The van der Waals surface area contributed by atoms with Crippen LogP contribution in [0.4, 0.5) is 0 Å². The summed E-state index contributed by atoms with van der Waals surface area (Å²) in [6, 6.07) is 39.1. The van der Waals surface area contributed by atoms with Gasteiger partial charge in [0.1, 0.15) is 0 Å². The van der Waals surface area contributed by atoms with Crippen LogP contribution in [0.5, 0.6) is 0 Å². The molecule has 0 N–H and O–H groups in total. The highest BCUT2D eigenvalue weighted by molar-refractivity contribution is 6.07. The lowest BCUT2D eigenvalue weighted by Crippen LogP contribution is -2.51. The van der Waals surface area contributed by atoms with Crippen LogP contribution in [0, 0.1) is 11.8 Å². The standard InChI is InChI=1S/C30H24O2/c31-29(23-17-9-3-10-18-23)27-25(21-13-5-1-6-14-21)26(22-15-7-2-8-16-22)28(27)30(32)24-19-11-4-12-20-24/h1-20,25-28H/t25-,26+,27+,28-. The Bertz CT molecular complexity index is 1100. The van der Waals surface area contributed by atoms with Crippen LogP contribution in [0.25, 0.3) is 0 Å². The van der Waals surface area contributed by atoms with Crippen molar-refractivity contribution in [2.75, 3.05) is 0 Å². The molecule has 0 unspecified atom stereocenters. The highest BCUT2D eigenvalue weighted by Crippen LogP contribution is 2.59. The fourth-order valence-electron chi connectivity index (χ4n) is 5.17. The number of Topliss-reactive ketones (excluding diaryl/α,β-unsaturated/α-hetero) is 2. The quantitative estimate of drug-likeness (QED) is 0.333. The maximum atomic E-state index is 13.8. The Hall–Kier alpha value is -3.78. The van der Waals surface area contributed by atoms with E-state index < -0.39 is 11.8 Å². The number of benzene rings is 4. The molecule has 4 atom stereocenters. The van der Waals surface area contributed by atoms with Crippen molar-refractivity contribution in [1.82, 2.24) is 0 Å². The molecule has 4 aromatic rings.